The Morgan fingerprint density at radius 3 is 2.40 bits per heavy atom. The Bertz CT molecular complexity index is 236. The van der Waals surface area contributed by atoms with Gasteiger partial charge in [-0.2, -0.15) is 8.42 Å². The van der Waals surface area contributed by atoms with Gasteiger partial charge in [-0.3, -0.25) is 4.55 Å². The van der Waals surface area contributed by atoms with Gasteiger partial charge < -0.3 is 4.74 Å². The van der Waals surface area contributed by atoms with E-state index in [9.17, 15) is 13.2 Å². The van der Waals surface area contributed by atoms with Gasteiger partial charge in [-0.05, 0) is 0 Å². The minimum atomic E-state index is -4.21. The highest BCUT2D eigenvalue weighted by Gasteiger charge is 1.98. The number of methoxy groups -OCH3 is 1. The minimum absolute atomic E-state index is 0.346. The van der Waals surface area contributed by atoms with Crippen molar-refractivity contribution in [2.24, 2.45) is 0 Å². The normalized spacial score (nSPS) is 11.8. The average Bonchev–Trinajstić information content (AvgIpc) is 1.81. The summed E-state index contributed by atoms with van der Waals surface area (Å²) in [7, 11) is -3.12. The molecule has 0 radical (unpaired) electrons. The van der Waals surface area contributed by atoms with Crippen molar-refractivity contribution in [1.29, 1.82) is 0 Å². The molecule has 0 aromatic rings. The quantitative estimate of drug-likeness (QED) is 0.341. The standard InChI is InChI=1S/C4H6O5S/c1-9-4(5)2-3-10(6,7)8/h2-3H,1H3,(H,6,7,8)/b3-2+. The highest BCUT2D eigenvalue weighted by molar-refractivity contribution is 7.88. The molecule has 10 heavy (non-hydrogen) atoms. The van der Waals surface area contributed by atoms with Gasteiger partial charge in [-0.15, -0.1) is 0 Å². The number of ether oxygens (including phenoxy) is 1. The fourth-order valence-corrected chi connectivity index (χ4v) is 0.493. The van der Waals surface area contributed by atoms with E-state index in [0.717, 1.165) is 7.11 Å². The van der Waals surface area contributed by atoms with Crippen LogP contribution in [0, 0.1) is 0 Å². The summed E-state index contributed by atoms with van der Waals surface area (Å²) >= 11 is 0. The number of rotatable bonds is 2. The van der Waals surface area contributed by atoms with E-state index in [2.05, 4.69) is 4.74 Å². The topological polar surface area (TPSA) is 80.7 Å². The zero-order chi connectivity index (χ0) is 8.20. The van der Waals surface area contributed by atoms with Gasteiger partial charge in [0.15, 0.2) is 0 Å². The predicted octanol–water partition coefficient (Wildman–Crippen LogP) is -0.439. The monoisotopic (exact) mass is 166 g/mol. The first kappa shape index (κ1) is 9.12. The Hall–Kier alpha value is -0.880. The molecule has 0 amide bonds. The summed E-state index contributed by atoms with van der Waals surface area (Å²) in [6, 6.07) is 0. The second-order valence-electron chi connectivity index (χ2n) is 1.34. The molecule has 0 aliphatic rings. The summed E-state index contributed by atoms with van der Waals surface area (Å²) in [4.78, 5) is 10.2. The van der Waals surface area contributed by atoms with Gasteiger partial charge in [0.25, 0.3) is 10.1 Å². The Kier molecular flexibility index (Phi) is 3.04. The SMILES string of the molecule is COC(=O)/C=C/S(=O)(=O)O. The molecule has 5 nitrogen and oxygen atoms in total. The molecule has 1 N–H and O–H groups in total. The van der Waals surface area contributed by atoms with Gasteiger partial charge in [0.1, 0.15) is 0 Å². The van der Waals surface area contributed by atoms with Crippen LogP contribution in [0.25, 0.3) is 0 Å². The van der Waals surface area contributed by atoms with Crippen LogP contribution in [-0.4, -0.2) is 26.0 Å². The highest BCUT2D eigenvalue weighted by atomic mass is 32.2. The molecular weight excluding hydrogens is 160 g/mol. The lowest BCUT2D eigenvalue weighted by molar-refractivity contribution is -0.134. The van der Waals surface area contributed by atoms with Crippen molar-refractivity contribution in [3.05, 3.63) is 11.5 Å². The van der Waals surface area contributed by atoms with Gasteiger partial charge in [0.05, 0.1) is 12.5 Å². The first-order valence-electron chi connectivity index (χ1n) is 2.19. The summed E-state index contributed by atoms with van der Waals surface area (Å²) in [5.74, 6) is -0.836. The third kappa shape index (κ3) is 5.26. The molecule has 0 fully saturated rings. The van der Waals surface area contributed by atoms with Crippen molar-refractivity contribution in [3.8, 4) is 0 Å². The summed E-state index contributed by atoms with van der Waals surface area (Å²) in [5, 5.41) is 0.346. The lowest BCUT2D eigenvalue weighted by Crippen LogP contribution is -1.97. The molecule has 0 spiro atoms. The van der Waals surface area contributed by atoms with E-state index in [1.807, 2.05) is 0 Å². The zero-order valence-electron chi connectivity index (χ0n) is 5.14. The molecule has 6 heteroatoms. The lowest BCUT2D eigenvalue weighted by atomic mass is 10.7. The van der Waals surface area contributed by atoms with Crippen molar-refractivity contribution < 1.29 is 22.5 Å². The number of hydrogen-bond donors (Lipinski definition) is 1. The Morgan fingerprint density at radius 1 is 1.60 bits per heavy atom. The van der Waals surface area contributed by atoms with Gasteiger partial charge in [-0.25, -0.2) is 4.79 Å². The summed E-state index contributed by atoms with van der Waals surface area (Å²) in [6.45, 7) is 0. The van der Waals surface area contributed by atoms with Crippen molar-refractivity contribution in [2.45, 2.75) is 0 Å². The molecule has 0 atom stereocenters. The largest absolute Gasteiger partial charge is 0.466 e. The van der Waals surface area contributed by atoms with Gasteiger partial charge >= 0.3 is 5.97 Å². The zero-order valence-corrected chi connectivity index (χ0v) is 5.96. The van der Waals surface area contributed by atoms with Crippen LogP contribution in [0.5, 0.6) is 0 Å². The Labute approximate surface area is 58.0 Å². The van der Waals surface area contributed by atoms with Crippen LogP contribution in [0.15, 0.2) is 11.5 Å². The molecule has 0 aromatic heterocycles. The Balaban J connectivity index is 4.15. The number of carbonyl (C=O) groups excluding carboxylic acids is 1. The number of hydrogen-bond acceptors (Lipinski definition) is 4. The van der Waals surface area contributed by atoms with Crippen LogP contribution in [0.1, 0.15) is 0 Å². The fraction of sp³-hybridized carbons (Fsp3) is 0.250. The molecule has 0 aromatic carbocycles. The van der Waals surface area contributed by atoms with Gasteiger partial charge in [0.2, 0.25) is 0 Å². The van der Waals surface area contributed by atoms with E-state index in [-0.39, 0.29) is 0 Å². The van der Waals surface area contributed by atoms with Crippen LogP contribution >= 0.6 is 0 Å². The predicted molar refractivity (Wildman–Crippen MR) is 32.7 cm³/mol. The number of carbonyl (C=O) groups is 1. The lowest BCUT2D eigenvalue weighted by Gasteiger charge is -1.87. The van der Waals surface area contributed by atoms with Gasteiger partial charge in [-0.1, -0.05) is 0 Å². The van der Waals surface area contributed by atoms with E-state index < -0.39 is 16.1 Å². The van der Waals surface area contributed by atoms with Crippen LogP contribution < -0.4 is 0 Å². The first-order valence-corrected chi connectivity index (χ1v) is 3.69. The Morgan fingerprint density at radius 2 is 2.10 bits per heavy atom. The van der Waals surface area contributed by atoms with E-state index in [1.165, 1.54) is 0 Å². The molecule has 0 saturated carbocycles. The second-order valence-corrected chi connectivity index (χ2v) is 2.64. The van der Waals surface area contributed by atoms with E-state index in [1.54, 1.807) is 0 Å². The van der Waals surface area contributed by atoms with E-state index in [4.69, 9.17) is 4.55 Å². The van der Waals surface area contributed by atoms with E-state index >= 15 is 0 Å². The van der Waals surface area contributed by atoms with E-state index in [0.29, 0.717) is 11.5 Å². The van der Waals surface area contributed by atoms with Crippen molar-refractivity contribution >= 4 is 16.1 Å². The molecule has 0 aliphatic heterocycles. The summed E-state index contributed by atoms with van der Waals surface area (Å²) < 4.78 is 31.9. The maximum absolute atomic E-state index is 10.2. The summed E-state index contributed by atoms with van der Waals surface area (Å²) in [6.07, 6.45) is 0.606. The molecule has 0 unspecified atom stereocenters. The molecular formula is C4H6O5S. The third-order valence-corrected chi connectivity index (χ3v) is 1.06. The second kappa shape index (κ2) is 3.33. The molecule has 0 saturated heterocycles. The molecule has 0 heterocycles. The van der Waals surface area contributed by atoms with Crippen LogP contribution in [0.4, 0.5) is 0 Å². The maximum Gasteiger partial charge on any atom is 0.331 e. The highest BCUT2D eigenvalue weighted by Crippen LogP contribution is 1.85. The van der Waals surface area contributed by atoms with Crippen LogP contribution in [0.3, 0.4) is 0 Å². The number of esters is 1. The molecule has 0 aliphatic carbocycles. The fourth-order valence-electron chi connectivity index (χ4n) is 0.210. The average molecular weight is 166 g/mol. The van der Waals surface area contributed by atoms with Crippen molar-refractivity contribution in [2.75, 3.05) is 7.11 Å². The first-order chi connectivity index (χ1) is 4.45. The van der Waals surface area contributed by atoms with Crippen molar-refractivity contribution in [1.82, 2.24) is 0 Å². The van der Waals surface area contributed by atoms with Gasteiger partial charge in [0, 0.05) is 6.08 Å². The van der Waals surface area contributed by atoms with Crippen LogP contribution in [-0.2, 0) is 19.6 Å². The molecule has 0 bridgehead atoms. The van der Waals surface area contributed by atoms with Crippen molar-refractivity contribution in [3.63, 3.8) is 0 Å². The minimum Gasteiger partial charge on any atom is -0.466 e. The maximum atomic E-state index is 10.2. The molecule has 0 rings (SSSR count). The third-order valence-electron chi connectivity index (χ3n) is 0.577. The molecule has 58 valence electrons. The smallest absolute Gasteiger partial charge is 0.331 e. The van der Waals surface area contributed by atoms with Crippen LogP contribution in [0.2, 0.25) is 0 Å². The summed E-state index contributed by atoms with van der Waals surface area (Å²) in [5.41, 5.74) is 0.